The molecule has 2 heterocycles. The van der Waals surface area contributed by atoms with Crippen molar-refractivity contribution < 1.29 is 18.4 Å². The van der Waals surface area contributed by atoms with Crippen LogP contribution < -0.4 is 10.8 Å². The molecule has 1 aromatic heterocycles. The Morgan fingerprint density at radius 1 is 1.25 bits per heavy atom. The summed E-state index contributed by atoms with van der Waals surface area (Å²) in [4.78, 5) is 15.6. The first-order chi connectivity index (χ1) is 13.4. The van der Waals surface area contributed by atoms with Crippen molar-refractivity contribution in [3.63, 3.8) is 0 Å². The number of nitrogens with zero attached hydrogens (tertiary/aromatic N) is 2. The molecule has 1 aliphatic rings. The van der Waals surface area contributed by atoms with Gasteiger partial charge in [-0.05, 0) is 49.2 Å². The van der Waals surface area contributed by atoms with E-state index in [0.29, 0.717) is 35.8 Å². The number of anilines is 1. The molecule has 1 aliphatic heterocycles. The zero-order valence-corrected chi connectivity index (χ0v) is 16.2. The van der Waals surface area contributed by atoms with Crippen LogP contribution in [-0.2, 0) is 14.8 Å². The molecule has 1 aromatic carbocycles. The maximum absolute atomic E-state index is 12.8. The summed E-state index contributed by atoms with van der Waals surface area (Å²) in [6.45, 7) is 2.74. The smallest absolute Gasteiger partial charge is 0.267 e. The Hall–Kier alpha value is -2.75. The Morgan fingerprint density at radius 3 is 2.64 bits per heavy atom. The van der Waals surface area contributed by atoms with E-state index in [1.165, 1.54) is 21.9 Å². The van der Waals surface area contributed by atoms with Gasteiger partial charge in [-0.1, -0.05) is 17.7 Å². The molecule has 0 unspecified atom stereocenters. The molecule has 3 N–H and O–H groups in total. The van der Waals surface area contributed by atoms with Gasteiger partial charge in [-0.25, -0.2) is 18.9 Å². The Balaban J connectivity index is 1.61. The summed E-state index contributed by atoms with van der Waals surface area (Å²) in [6, 6.07) is 10.4. The Bertz CT molecular complexity index is 956. The van der Waals surface area contributed by atoms with E-state index in [2.05, 4.69) is 10.3 Å². The minimum atomic E-state index is -3.50. The number of amides is 1. The lowest BCUT2D eigenvalue weighted by Crippen LogP contribution is -2.31. The van der Waals surface area contributed by atoms with Crippen LogP contribution in [0.4, 0.5) is 5.82 Å². The standard InChI is InChI=1S/C19H22N4O4S/c1-14-2-6-17(7-3-14)28(26,27)23-11-10-16(13-23)21-18-8-4-15(12-20-18)5-9-19(24)22-25/h2-9,12,16,25H,10-11,13H2,1H3,(H,20,21)(H,22,24)/t16-/m1/s1. The van der Waals surface area contributed by atoms with Gasteiger partial charge in [-0.2, -0.15) is 4.31 Å². The van der Waals surface area contributed by atoms with Crippen molar-refractivity contribution in [1.29, 1.82) is 0 Å². The zero-order chi connectivity index (χ0) is 20.1. The number of hydrogen-bond acceptors (Lipinski definition) is 6. The molecule has 1 saturated heterocycles. The highest BCUT2D eigenvalue weighted by atomic mass is 32.2. The molecular weight excluding hydrogens is 380 g/mol. The van der Waals surface area contributed by atoms with E-state index in [0.717, 1.165) is 5.56 Å². The number of hydrogen-bond donors (Lipinski definition) is 3. The summed E-state index contributed by atoms with van der Waals surface area (Å²) >= 11 is 0. The number of hydroxylamine groups is 1. The average molecular weight is 402 g/mol. The van der Waals surface area contributed by atoms with Crippen molar-refractivity contribution >= 4 is 27.8 Å². The first-order valence-corrected chi connectivity index (χ1v) is 10.2. The number of rotatable bonds is 6. The van der Waals surface area contributed by atoms with Gasteiger partial charge in [0, 0.05) is 31.4 Å². The van der Waals surface area contributed by atoms with Crippen LogP contribution in [0.2, 0.25) is 0 Å². The fraction of sp³-hybridized carbons (Fsp3) is 0.263. The van der Waals surface area contributed by atoms with Crippen LogP contribution in [-0.4, -0.2) is 48.0 Å². The number of nitrogens with one attached hydrogen (secondary N) is 2. The Kier molecular flexibility index (Phi) is 6.08. The van der Waals surface area contributed by atoms with E-state index < -0.39 is 15.9 Å². The maximum Gasteiger partial charge on any atom is 0.267 e. The number of carbonyl (C=O) groups is 1. The molecule has 28 heavy (non-hydrogen) atoms. The molecule has 0 aliphatic carbocycles. The van der Waals surface area contributed by atoms with Crippen LogP contribution in [0.15, 0.2) is 53.6 Å². The molecule has 3 rings (SSSR count). The van der Waals surface area contributed by atoms with Crippen LogP contribution in [0.25, 0.3) is 6.08 Å². The number of aromatic nitrogens is 1. The van der Waals surface area contributed by atoms with Gasteiger partial charge in [-0.15, -0.1) is 0 Å². The molecule has 1 fully saturated rings. The van der Waals surface area contributed by atoms with Crippen molar-refractivity contribution in [2.75, 3.05) is 18.4 Å². The van der Waals surface area contributed by atoms with E-state index in [-0.39, 0.29) is 6.04 Å². The summed E-state index contributed by atoms with van der Waals surface area (Å²) in [5, 5.41) is 11.7. The molecule has 0 spiro atoms. The Morgan fingerprint density at radius 2 is 2.00 bits per heavy atom. The van der Waals surface area contributed by atoms with Gasteiger partial charge in [0.25, 0.3) is 5.91 Å². The fourth-order valence-corrected chi connectivity index (χ4v) is 4.43. The summed E-state index contributed by atoms with van der Waals surface area (Å²) in [5.74, 6) is 0.00591. The van der Waals surface area contributed by atoms with Gasteiger partial charge < -0.3 is 5.32 Å². The van der Waals surface area contributed by atoms with Gasteiger partial charge in [0.1, 0.15) is 5.82 Å². The largest absolute Gasteiger partial charge is 0.366 e. The molecule has 1 atom stereocenters. The van der Waals surface area contributed by atoms with Crippen molar-refractivity contribution in [2.24, 2.45) is 0 Å². The molecule has 0 radical (unpaired) electrons. The SMILES string of the molecule is Cc1ccc(S(=O)(=O)N2CC[C@@H](Nc3ccc(C=CC(=O)NO)cn3)C2)cc1. The third-order valence-corrected chi connectivity index (χ3v) is 6.36. The predicted octanol–water partition coefficient (Wildman–Crippen LogP) is 1.78. The van der Waals surface area contributed by atoms with E-state index in [1.54, 1.807) is 42.6 Å². The number of benzene rings is 1. The molecule has 1 amide bonds. The van der Waals surface area contributed by atoms with Gasteiger partial charge in [-0.3, -0.25) is 10.0 Å². The fourth-order valence-electron chi connectivity index (χ4n) is 2.93. The third-order valence-electron chi connectivity index (χ3n) is 4.49. The van der Waals surface area contributed by atoms with E-state index in [9.17, 15) is 13.2 Å². The second-order valence-corrected chi connectivity index (χ2v) is 8.53. The molecular formula is C19H22N4O4S. The second kappa shape index (κ2) is 8.51. The molecule has 0 saturated carbocycles. The highest BCUT2D eigenvalue weighted by Gasteiger charge is 2.32. The van der Waals surface area contributed by atoms with E-state index in [1.807, 2.05) is 6.92 Å². The minimum absolute atomic E-state index is 0.0331. The molecule has 148 valence electrons. The monoisotopic (exact) mass is 402 g/mol. The highest BCUT2D eigenvalue weighted by molar-refractivity contribution is 7.89. The van der Waals surface area contributed by atoms with Gasteiger partial charge in [0.05, 0.1) is 4.90 Å². The van der Waals surface area contributed by atoms with Crippen LogP contribution in [0.1, 0.15) is 17.5 Å². The van der Waals surface area contributed by atoms with Gasteiger partial charge in [0.15, 0.2) is 0 Å². The lowest BCUT2D eigenvalue weighted by molar-refractivity contribution is -0.124. The van der Waals surface area contributed by atoms with E-state index >= 15 is 0 Å². The Labute approximate surface area is 163 Å². The summed E-state index contributed by atoms with van der Waals surface area (Å²) < 4.78 is 27.0. The first-order valence-electron chi connectivity index (χ1n) is 8.80. The van der Waals surface area contributed by atoms with Crippen molar-refractivity contribution in [3.8, 4) is 0 Å². The second-order valence-electron chi connectivity index (χ2n) is 6.59. The van der Waals surface area contributed by atoms with Gasteiger partial charge in [0.2, 0.25) is 10.0 Å². The molecule has 0 bridgehead atoms. The number of pyridine rings is 1. The quantitative estimate of drug-likeness (QED) is 0.386. The topological polar surface area (TPSA) is 112 Å². The lowest BCUT2D eigenvalue weighted by Gasteiger charge is -2.17. The van der Waals surface area contributed by atoms with Crippen LogP contribution in [0.3, 0.4) is 0 Å². The minimum Gasteiger partial charge on any atom is -0.366 e. The molecule has 2 aromatic rings. The normalized spacial score (nSPS) is 17.7. The molecule has 9 heteroatoms. The predicted molar refractivity (Wildman–Crippen MR) is 105 cm³/mol. The van der Waals surface area contributed by atoms with Crippen molar-refractivity contribution in [3.05, 3.63) is 59.8 Å². The zero-order valence-electron chi connectivity index (χ0n) is 15.4. The van der Waals surface area contributed by atoms with E-state index in [4.69, 9.17) is 5.21 Å². The number of sulfonamides is 1. The van der Waals surface area contributed by atoms with Crippen LogP contribution >= 0.6 is 0 Å². The molecule has 8 nitrogen and oxygen atoms in total. The summed E-state index contributed by atoms with van der Waals surface area (Å²) in [7, 11) is -3.50. The third kappa shape index (κ3) is 4.75. The number of carbonyl (C=O) groups excluding carboxylic acids is 1. The van der Waals surface area contributed by atoms with Crippen LogP contribution in [0, 0.1) is 6.92 Å². The number of aryl methyl sites for hydroxylation is 1. The summed E-state index contributed by atoms with van der Waals surface area (Å²) in [5.41, 5.74) is 3.23. The lowest BCUT2D eigenvalue weighted by atomic mass is 10.2. The van der Waals surface area contributed by atoms with Gasteiger partial charge >= 0.3 is 0 Å². The van der Waals surface area contributed by atoms with Crippen LogP contribution in [0.5, 0.6) is 0 Å². The highest BCUT2D eigenvalue weighted by Crippen LogP contribution is 2.23. The van der Waals surface area contributed by atoms with Crippen molar-refractivity contribution in [1.82, 2.24) is 14.8 Å². The average Bonchev–Trinajstić information content (AvgIpc) is 3.17. The first kappa shape index (κ1) is 20.0. The summed E-state index contributed by atoms with van der Waals surface area (Å²) in [6.07, 6.45) is 4.98. The van der Waals surface area contributed by atoms with Crippen molar-refractivity contribution in [2.45, 2.75) is 24.3 Å². The maximum atomic E-state index is 12.8.